The molecule has 0 aliphatic heterocycles. The van der Waals surface area contributed by atoms with Gasteiger partial charge in [-0.1, -0.05) is 121 Å². The lowest BCUT2D eigenvalue weighted by atomic mass is 10.0. The van der Waals surface area contributed by atoms with Gasteiger partial charge in [-0.25, -0.2) is 19.9 Å². The Balaban J connectivity index is 1.08. The molecule has 0 saturated heterocycles. The van der Waals surface area contributed by atoms with Crippen LogP contribution in [0.5, 0.6) is 0 Å². The van der Waals surface area contributed by atoms with Crippen molar-refractivity contribution >= 4 is 87.6 Å². The Morgan fingerprint density at radius 2 is 0.708 bits per heavy atom. The molecule has 15 aromatic rings. The number of nitrogens with zero attached hydrogens (tertiary/aromatic N) is 10. The number of aryl methyl sites for hydroxylation is 1. The van der Waals surface area contributed by atoms with Crippen molar-refractivity contribution in [3.05, 3.63) is 224 Å². The first kappa shape index (κ1) is 40.1. The average Bonchev–Trinajstić information content (AvgIpc) is 4.18. The van der Waals surface area contributed by atoms with E-state index in [1.807, 2.05) is 55.0 Å². The Hall–Kier alpha value is -9.80. The van der Waals surface area contributed by atoms with Crippen LogP contribution in [-0.2, 0) is 13.0 Å². The zero-order valence-corrected chi connectivity index (χ0v) is 38.7. The first-order valence-corrected chi connectivity index (χ1v) is 24.2. The van der Waals surface area contributed by atoms with Gasteiger partial charge in [-0.2, -0.15) is 9.97 Å². The summed E-state index contributed by atoms with van der Waals surface area (Å²) < 4.78 is 9.22. The third kappa shape index (κ3) is 6.02. The lowest BCUT2D eigenvalue weighted by molar-refractivity contribution is 0.732. The molecule has 10 heteroatoms. The molecule has 0 aliphatic rings. The Morgan fingerprint density at radius 1 is 0.319 bits per heavy atom. The van der Waals surface area contributed by atoms with Crippen molar-refractivity contribution in [2.45, 2.75) is 13.0 Å². The highest BCUT2D eigenvalue weighted by molar-refractivity contribution is 6.11. The highest BCUT2D eigenvalue weighted by atomic mass is 15.2. The monoisotopic (exact) mass is 924 g/mol. The second-order valence-corrected chi connectivity index (χ2v) is 18.3. The van der Waals surface area contributed by atoms with Crippen LogP contribution in [0.15, 0.2) is 219 Å². The van der Waals surface area contributed by atoms with Crippen LogP contribution in [0.25, 0.3) is 128 Å². The summed E-state index contributed by atoms with van der Waals surface area (Å²) >= 11 is 0. The molecule has 0 spiro atoms. The number of para-hydroxylation sites is 5. The van der Waals surface area contributed by atoms with Crippen molar-refractivity contribution in [1.29, 1.82) is 0 Å². The van der Waals surface area contributed by atoms with E-state index >= 15 is 0 Å². The van der Waals surface area contributed by atoms with E-state index in [1.54, 1.807) is 0 Å². The normalized spacial score (nSPS) is 12.0. The van der Waals surface area contributed by atoms with Gasteiger partial charge >= 0.3 is 0 Å². The van der Waals surface area contributed by atoms with Crippen molar-refractivity contribution < 1.29 is 0 Å². The van der Waals surface area contributed by atoms with E-state index in [1.165, 1.54) is 5.39 Å². The van der Waals surface area contributed by atoms with Crippen LogP contribution in [0, 0.1) is 0 Å². The summed E-state index contributed by atoms with van der Waals surface area (Å²) in [6, 6.07) is 70.1. The SMILES string of the molecule is c1ccc(-c2nc(-c3cc(-n4c5ccccc5c5cccnc54)c(CCn4c5ccccc5c5cccnc54)c(-n4c5ccccc5c5cccnc54)c3)nc(-n3c4ccccc4c4ccccc43)n2)cc1. The zero-order chi connectivity index (χ0) is 47.3. The van der Waals surface area contributed by atoms with Gasteiger partial charge in [0.2, 0.25) is 5.95 Å². The topological polar surface area (TPSA) is 97.1 Å². The van der Waals surface area contributed by atoms with Crippen LogP contribution in [0.1, 0.15) is 5.56 Å². The average molecular weight is 925 g/mol. The quantitative estimate of drug-likeness (QED) is 0.151. The van der Waals surface area contributed by atoms with Gasteiger partial charge in [0.1, 0.15) is 16.9 Å². The van der Waals surface area contributed by atoms with Crippen LogP contribution in [0.4, 0.5) is 0 Å². The number of rotatable bonds is 8. The Labute approximate surface area is 411 Å². The van der Waals surface area contributed by atoms with Crippen LogP contribution in [-0.4, -0.2) is 48.2 Å². The van der Waals surface area contributed by atoms with E-state index in [0.717, 1.165) is 110 Å². The van der Waals surface area contributed by atoms with Crippen LogP contribution >= 0.6 is 0 Å². The summed E-state index contributed by atoms with van der Waals surface area (Å²) in [5.74, 6) is 1.63. The number of fused-ring (bicyclic) bond motifs is 12. The summed E-state index contributed by atoms with van der Waals surface area (Å²) in [6.07, 6.45) is 6.29. The van der Waals surface area contributed by atoms with Crippen molar-refractivity contribution in [3.8, 4) is 40.1 Å². The second kappa shape index (κ2) is 15.9. The number of aromatic nitrogens is 10. The summed E-state index contributed by atoms with van der Waals surface area (Å²) in [6.45, 7) is 0.636. The molecule has 8 heterocycles. The molecule has 8 aromatic heterocycles. The number of hydrogen-bond donors (Lipinski definition) is 0. The van der Waals surface area contributed by atoms with Gasteiger partial charge < -0.3 is 4.57 Å². The van der Waals surface area contributed by atoms with E-state index in [0.29, 0.717) is 30.6 Å². The van der Waals surface area contributed by atoms with E-state index < -0.39 is 0 Å². The molecule has 72 heavy (non-hydrogen) atoms. The maximum Gasteiger partial charge on any atom is 0.238 e. The number of hydrogen-bond acceptors (Lipinski definition) is 6. The standard InChI is InChI=1S/C62H40N10/c1-2-17-39(18-3-1)57-66-58(68-62(67-57)72-53-30-12-5-19-41(53)42-20-6-13-31-54(42)72)40-37-55(70-51-28-10-7-22-44(51)47-25-15-34-64-60(47)70)49(32-36-69-50-27-9-4-21-43(50)46-24-14-33-63-59(46)69)56(38-40)71-52-29-11-8-23-45(52)48-26-16-35-65-61(48)71/h1-31,33-35,37-38H,32,36H2. The van der Waals surface area contributed by atoms with E-state index in [2.05, 4.69) is 182 Å². The minimum absolute atomic E-state index is 0.527. The summed E-state index contributed by atoms with van der Waals surface area (Å²) in [7, 11) is 0. The first-order valence-electron chi connectivity index (χ1n) is 24.2. The highest BCUT2D eigenvalue weighted by Gasteiger charge is 2.26. The second-order valence-electron chi connectivity index (χ2n) is 18.3. The fourth-order valence-electron chi connectivity index (χ4n) is 11.3. The van der Waals surface area contributed by atoms with Crippen LogP contribution in [0.3, 0.4) is 0 Å². The molecule has 0 bridgehead atoms. The van der Waals surface area contributed by atoms with Gasteiger partial charge in [-0.3, -0.25) is 13.7 Å². The molecule has 0 amide bonds. The van der Waals surface area contributed by atoms with E-state index in [9.17, 15) is 0 Å². The summed E-state index contributed by atoms with van der Waals surface area (Å²) in [5, 5.41) is 8.92. The Bertz CT molecular complexity index is 4310. The summed E-state index contributed by atoms with van der Waals surface area (Å²) in [4.78, 5) is 31.6. The molecule has 0 saturated carbocycles. The minimum atomic E-state index is 0.527. The van der Waals surface area contributed by atoms with Gasteiger partial charge in [0, 0.05) is 84.9 Å². The highest BCUT2D eigenvalue weighted by Crippen LogP contribution is 2.41. The van der Waals surface area contributed by atoms with Gasteiger partial charge in [0.05, 0.1) is 39.0 Å². The van der Waals surface area contributed by atoms with Crippen molar-refractivity contribution in [1.82, 2.24) is 48.2 Å². The van der Waals surface area contributed by atoms with Crippen LogP contribution in [0.2, 0.25) is 0 Å². The molecule has 0 atom stereocenters. The molecule has 0 fully saturated rings. The van der Waals surface area contributed by atoms with Crippen LogP contribution < -0.4 is 0 Å². The predicted molar refractivity (Wildman–Crippen MR) is 290 cm³/mol. The van der Waals surface area contributed by atoms with Crippen molar-refractivity contribution in [3.63, 3.8) is 0 Å². The zero-order valence-electron chi connectivity index (χ0n) is 38.7. The van der Waals surface area contributed by atoms with Gasteiger partial charge in [0.25, 0.3) is 0 Å². The number of benzene rings is 7. The fraction of sp³-hybridized carbons (Fsp3) is 0.0323. The first-order chi connectivity index (χ1) is 35.7. The lowest BCUT2D eigenvalue weighted by Gasteiger charge is -2.22. The van der Waals surface area contributed by atoms with Gasteiger partial charge in [0.15, 0.2) is 11.6 Å². The van der Waals surface area contributed by atoms with E-state index in [-0.39, 0.29) is 0 Å². The number of pyridine rings is 3. The molecule has 15 rings (SSSR count). The molecule has 10 nitrogen and oxygen atoms in total. The molecule has 0 aliphatic carbocycles. The third-order valence-electron chi connectivity index (χ3n) is 14.4. The molecule has 0 N–H and O–H groups in total. The van der Waals surface area contributed by atoms with Gasteiger partial charge in [-0.15, -0.1) is 0 Å². The molecule has 0 unspecified atom stereocenters. The molecule has 7 aromatic carbocycles. The summed E-state index contributed by atoms with van der Waals surface area (Å²) in [5.41, 5.74) is 12.6. The predicted octanol–water partition coefficient (Wildman–Crippen LogP) is 14.0. The fourth-order valence-corrected chi connectivity index (χ4v) is 11.3. The Kier molecular flexibility index (Phi) is 8.85. The van der Waals surface area contributed by atoms with Gasteiger partial charge in [-0.05, 0) is 85.3 Å². The van der Waals surface area contributed by atoms with Crippen molar-refractivity contribution in [2.24, 2.45) is 0 Å². The largest absolute Gasteiger partial charge is 0.325 e. The third-order valence-corrected chi connectivity index (χ3v) is 14.4. The lowest BCUT2D eigenvalue weighted by Crippen LogP contribution is -2.12. The smallest absolute Gasteiger partial charge is 0.238 e. The molecular weight excluding hydrogens is 885 g/mol. The molecule has 0 radical (unpaired) electrons. The maximum atomic E-state index is 5.53. The molecular formula is C62H40N10. The van der Waals surface area contributed by atoms with E-state index in [4.69, 9.17) is 29.9 Å². The maximum absolute atomic E-state index is 5.53. The Morgan fingerprint density at radius 3 is 1.24 bits per heavy atom. The molecule has 338 valence electrons. The minimum Gasteiger partial charge on any atom is -0.325 e. The van der Waals surface area contributed by atoms with Crippen molar-refractivity contribution in [2.75, 3.05) is 0 Å².